The Morgan fingerprint density at radius 3 is 2.86 bits per heavy atom. The quantitative estimate of drug-likeness (QED) is 0.768. The van der Waals surface area contributed by atoms with E-state index in [1.807, 2.05) is 11.3 Å². The Bertz CT molecular complexity index is 341. The third kappa shape index (κ3) is 1.39. The van der Waals surface area contributed by atoms with E-state index in [0.717, 1.165) is 25.2 Å². The number of hydrogen-bond acceptors (Lipinski definition) is 3. The van der Waals surface area contributed by atoms with Crippen molar-refractivity contribution in [3.8, 4) is 0 Å². The molecule has 1 heterocycles. The highest BCUT2D eigenvalue weighted by Crippen LogP contribution is 2.40. The second kappa shape index (κ2) is 3.31. The summed E-state index contributed by atoms with van der Waals surface area (Å²) in [5.74, 6) is 0.793. The minimum absolute atomic E-state index is 0.386. The van der Waals surface area contributed by atoms with Gasteiger partial charge in [0.2, 0.25) is 0 Å². The third-order valence-corrected chi connectivity index (χ3v) is 4.73. The van der Waals surface area contributed by atoms with Gasteiger partial charge in [-0.25, -0.2) is 4.98 Å². The van der Waals surface area contributed by atoms with Crippen LogP contribution in [0.5, 0.6) is 0 Å². The second-order valence-electron chi connectivity index (χ2n) is 4.55. The van der Waals surface area contributed by atoms with Crippen LogP contribution in [0.3, 0.4) is 0 Å². The Balaban J connectivity index is 1.87. The molecule has 2 aliphatic carbocycles. The van der Waals surface area contributed by atoms with E-state index in [1.54, 1.807) is 0 Å². The minimum atomic E-state index is 0.386. The van der Waals surface area contributed by atoms with Crippen LogP contribution in [0.15, 0.2) is 0 Å². The van der Waals surface area contributed by atoms with Crippen molar-refractivity contribution in [2.24, 2.45) is 5.73 Å². The highest BCUT2D eigenvalue weighted by molar-refractivity contribution is 7.11. The van der Waals surface area contributed by atoms with Gasteiger partial charge in [0, 0.05) is 16.8 Å². The molecule has 0 aromatic carbocycles. The van der Waals surface area contributed by atoms with Crippen molar-refractivity contribution in [2.75, 3.05) is 0 Å². The van der Waals surface area contributed by atoms with Crippen molar-refractivity contribution in [2.45, 2.75) is 50.5 Å². The lowest BCUT2D eigenvalue weighted by molar-refractivity contribution is 0.417. The molecular weight excluding hydrogens is 192 g/mol. The summed E-state index contributed by atoms with van der Waals surface area (Å²) in [6.45, 7) is 0. The summed E-state index contributed by atoms with van der Waals surface area (Å²) in [7, 11) is 0. The van der Waals surface area contributed by atoms with Gasteiger partial charge in [-0.15, -0.1) is 11.3 Å². The zero-order valence-electron chi connectivity index (χ0n) is 8.33. The number of nitrogens with zero attached hydrogens (tertiary/aromatic N) is 1. The summed E-state index contributed by atoms with van der Waals surface area (Å²) < 4.78 is 0. The molecule has 3 heteroatoms. The first-order valence-corrected chi connectivity index (χ1v) is 6.38. The van der Waals surface area contributed by atoms with E-state index in [0.29, 0.717) is 6.04 Å². The van der Waals surface area contributed by atoms with Crippen LogP contribution in [0.4, 0.5) is 0 Å². The van der Waals surface area contributed by atoms with Gasteiger partial charge in [0.05, 0.1) is 10.7 Å². The van der Waals surface area contributed by atoms with Gasteiger partial charge in [-0.2, -0.15) is 0 Å². The number of rotatable bonds is 1. The van der Waals surface area contributed by atoms with Gasteiger partial charge in [0.25, 0.3) is 0 Å². The van der Waals surface area contributed by atoms with E-state index in [-0.39, 0.29) is 0 Å². The van der Waals surface area contributed by atoms with Crippen molar-refractivity contribution in [3.63, 3.8) is 0 Å². The standard InChI is InChI=1S/C11H16N2S/c12-8-4-5-9-10(6-8)14-11(13-9)7-2-1-3-7/h7-8H,1-6,12H2. The summed E-state index contributed by atoms with van der Waals surface area (Å²) in [5, 5.41) is 1.40. The Morgan fingerprint density at radius 1 is 1.29 bits per heavy atom. The molecule has 76 valence electrons. The lowest BCUT2D eigenvalue weighted by Crippen LogP contribution is -2.27. The topological polar surface area (TPSA) is 38.9 Å². The number of aromatic nitrogens is 1. The molecule has 0 radical (unpaired) electrons. The van der Waals surface area contributed by atoms with Crippen LogP contribution in [-0.2, 0) is 12.8 Å². The fourth-order valence-electron chi connectivity index (χ4n) is 2.25. The first-order valence-electron chi connectivity index (χ1n) is 5.57. The molecule has 0 bridgehead atoms. The Morgan fingerprint density at radius 2 is 2.14 bits per heavy atom. The molecule has 1 saturated carbocycles. The molecule has 14 heavy (non-hydrogen) atoms. The van der Waals surface area contributed by atoms with Gasteiger partial charge in [0.1, 0.15) is 0 Å². The molecule has 1 fully saturated rings. The van der Waals surface area contributed by atoms with E-state index >= 15 is 0 Å². The maximum Gasteiger partial charge on any atom is 0.0962 e. The minimum Gasteiger partial charge on any atom is -0.327 e. The van der Waals surface area contributed by atoms with E-state index < -0.39 is 0 Å². The first kappa shape index (κ1) is 8.86. The maximum atomic E-state index is 5.96. The van der Waals surface area contributed by atoms with Crippen LogP contribution < -0.4 is 5.73 Å². The molecule has 0 saturated heterocycles. The van der Waals surface area contributed by atoms with Crippen molar-refractivity contribution >= 4 is 11.3 Å². The molecule has 2 nitrogen and oxygen atoms in total. The number of nitrogens with two attached hydrogens (primary N) is 1. The van der Waals surface area contributed by atoms with Crippen molar-refractivity contribution < 1.29 is 0 Å². The number of aryl methyl sites for hydroxylation is 1. The van der Waals surface area contributed by atoms with Crippen LogP contribution >= 0.6 is 11.3 Å². The maximum absolute atomic E-state index is 5.96. The van der Waals surface area contributed by atoms with Crippen LogP contribution in [0.25, 0.3) is 0 Å². The molecule has 2 N–H and O–H groups in total. The van der Waals surface area contributed by atoms with Crippen molar-refractivity contribution in [1.82, 2.24) is 4.98 Å². The smallest absolute Gasteiger partial charge is 0.0962 e. The largest absolute Gasteiger partial charge is 0.327 e. The van der Waals surface area contributed by atoms with Gasteiger partial charge in [-0.05, 0) is 32.1 Å². The zero-order chi connectivity index (χ0) is 9.54. The number of fused-ring (bicyclic) bond motifs is 1. The Labute approximate surface area is 88.5 Å². The van der Waals surface area contributed by atoms with Crippen LogP contribution in [0, 0.1) is 0 Å². The molecule has 0 amide bonds. The number of hydrogen-bond donors (Lipinski definition) is 1. The van der Waals surface area contributed by atoms with E-state index in [9.17, 15) is 0 Å². The zero-order valence-corrected chi connectivity index (χ0v) is 9.15. The van der Waals surface area contributed by atoms with Gasteiger partial charge in [0.15, 0.2) is 0 Å². The summed E-state index contributed by atoms with van der Waals surface area (Å²) in [6.07, 6.45) is 7.42. The van der Waals surface area contributed by atoms with Crippen molar-refractivity contribution in [1.29, 1.82) is 0 Å². The Hall–Kier alpha value is -0.410. The highest BCUT2D eigenvalue weighted by Gasteiger charge is 2.26. The van der Waals surface area contributed by atoms with Gasteiger partial charge >= 0.3 is 0 Å². The summed E-state index contributed by atoms with van der Waals surface area (Å²) >= 11 is 1.93. The van der Waals surface area contributed by atoms with Crippen molar-refractivity contribution in [3.05, 3.63) is 15.6 Å². The summed E-state index contributed by atoms with van der Waals surface area (Å²) in [4.78, 5) is 6.25. The van der Waals surface area contributed by atoms with Crippen LogP contribution in [0.1, 0.15) is 47.2 Å². The molecule has 2 aliphatic rings. The lowest BCUT2D eigenvalue weighted by Gasteiger charge is -2.22. The second-order valence-corrected chi connectivity index (χ2v) is 5.67. The predicted molar refractivity (Wildman–Crippen MR) is 58.7 cm³/mol. The SMILES string of the molecule is NC1CCc2nc(C3CCC3)sc2C1. The van der Waals surface area contributed by atoms with Gasteiger partial charge < -0.3 is 5.73 Å². The molecule has 1 unspecified atom stereocenters. The molecule has 0 aliphatic heterocycles. The number of thiazole rings is 1. The van der Waals surface area contributed by atoms with E-state index in [2.05, 4.69) is 0 Å². The van der Waals surface area contributed by atoms with Crippen LogP contribution in [-0.4, -0.2) is 11.0 Å². The van der Waals surface area contributed by atoms with Gasteiger partial charge in [-0.1, -0.05) is 6.42 Å². The van der Waals surface area contributed by atoms with Crippen LogP contribution in [0.2, 0.25) is 0 Å². The molecule has 3 rings (SSSR count). The third-order valence-electron chi connectivity index (χ3n) is 3.45. The summed E-state index contributed by atoms with van der Waals surface area (Å²) in [6, 6.07) is 0.386. The van der Waals surface area contributed by atoms with E-state index in [1.165, 1.54) is 34.8 Å². The lowest BCUT2D eigenvalue weighted by atomic mass is 9.86. The fraction of sp³-hybridized carbons (Fsp3) is 0.727. The molecule has 1 aromatic heterocycles. The predicted octanol–water partition coefficient (Wildman–Crippen LogP) is 2.23. The monoisotopic (exact) mass is 208 g/mol. The Kier molecular flexibility index (Phi) is 2.10. The molecule has 1 aromatic rings. The van der Waals surface area contributed by atoms with Gasteiger partial charge in [-0.3, -0.25) is 0 Å². The average Bonchev–Trinajstić information content (AvgIpc) is 2.43. The molecule has 1 atom stereocenters. The highest BCUT2D eigenvalue weighted by atomic mass is 32.1. The first-order chi connectivity index (χ1) is 6.83. The normalized spacial score (nSPS) is 27.1. The summed E-state index contributed by atoms with van der Waals surface area (Å²) in [5.41, 5.74) is 7.32. The van der Waals surface area contributed by atoms with E-state index in [4.69, 9.17) is 10.7 Å². The molecular formula is C11H16N2S. The average molecular weight is 208 g/mol. The fourth-order valence-corrected chi connectivity index (χ4v) is 3.62. The molecule has 0 spiro atoms.